The zero-order valence-electron chi connectivity index (χ0n) is 22.3. The Morgan fingerprint density at radius 2 is 1.90 bits per heavy atom. The highest BCUT2D eigenvalue weighted by Crippen LogP contribution is 2.46. The Hall–Kier alpha value is -3.31. The van der Waals surface area contributed by atoms with Crippen LogP contribution in [0.5, 0.6) is 11.5 Å². The second kappa shape index (κ2) is 12.5. The van der Waals surface area contributed by atoms with Crippen molar-refractivity contribution in [3.63, 3.8) is 0 Å². The van der Waals surface area contributed by atoms with E-state index in [2.05, 4.69) is 27.5 Å². The molecular weight excluding hydrogens is 557 g/mol. The van der Waals surface area contributed by atoms with Crippen molar-refractivity contribution in [1.29, 1.82) is 0 Å². The van der Waals surface area contributed by atoms with Gasteiger partial charge in [0.05, 0.1) is 61.4 Å². The molecule has 0 bridgehead atoms. The van der Waals surface area contributed by atoms with Crippen LogP contribution < -0.4 is 25.4 Å². The van der Waals surface area contributed by atoms with Gasteiger partial charge in [-0.2, -0.15) is 0 Å². The van der Waals surface area contributed by atoms with Crippen LogP contribution in [0.1, 0.15) is 12.8 Å². The van der Waals surface area contributed by atoms with Crippen molar-refractivity contribution in [3.05, 3.63) is 47.1 Å². The topological polar surface area (TPSA) is 116 Å². The van der Waals surface area contributed by atoms with Gasteiger partial charge in [0.15, 0.2) is 0 Å². The second-order valence-corrected chi connectivity index (χ2v) is 10.3. The molecule has 40 heavy (non-hydrogen) atoms. The Morgan fingerprint density at radius 3 is 2.58 bits per heavy atom. The number of carbonyl (C=O) groups excluding carboxylic acids is 1. The van der Waals surface area contributed by atoms with E-state index < -0.39 is 0 Å². The molecule has 3 N–H and O–H groups in total. The average molecular weight is 588 g/mol. The maximum absolute atomic E-state index is 11.9. The number of amides is 1. The highest BCUT2D eigenvalue weighted by Gasteiger charge is 2.29. The molecule has 0 spiro atoms. The van der Waals surface area contributed by atoms with Crippen molar-refractivity contribution in [2.75, 3.05) is 51.2 Å². The van der Waals surface area contributed by atoms with Gasteiger partial charge in [-0.1, -0.05) is 29.8 Å². The van der Waals surface area contributed by atoms with Crippen LogP contribution in [0.25, 0.3) is 22.0 Å². The second-order valence-electron chi connectivity index (χ2n) is 9.55. The van der Waals surface area contributed by atoms with Gasteiger partial charge in [-0.05, 0) is 31.1 Å². The van der Waals surface area contributed by atoms with Crippen molar-refractivity contribution in [1.82, 2.24) is 15.3 Å². The third-order valence-electron chi connectivity index (χ3n) is 6.99. The van der Waals surface area contributed by atoms with E-state index in [1.165, 1.54) is 20.3 Å². The zero-order valence-corrected chi connectivity index (χ0v) is 23.8. The Kier molecular flexibility index (Phi) is 8.80. The number of pyridine rings is 2. The van der Waals surface area contributed by atoms with E-state index in [4.69, 9.17) is 47.1 Å². The van der Waals surface area contributed by atoms with Gasteiger partial charge in [-0.15, -0.1) is 0 Å². The molecule has 2 saturated heterocycles. The molecule has 0 radical (unpaired) electrons. The number of anilines is 2. The highest BCUT2D eigenvalue weighted by atomic mass is 35.5. The summed E-state index contributed by atoms with van der Waals surface area (Å²) < 4.78 is 22.3. The van der Waals surface area contributed by atoms with Crippen molar-refractivity contribution >= 4 is 51.5 Å². The minimum atomic E-state index is -0.252. The first kappa shape index (κ1) is 28.2. The molecular formula is C28H31Cl2N5O5. The molecule has 0 saturated carbocycles. The maximum Gasteiger partial charge on any atom is 0.243 e. The van der Waals surface area contributed by atoms with Gasteiger partial charge in [0.25, 0.3) is 0 Å². The Bertz CT molecular complexity index is 1390. The number of halogens is 2. The van der Waals surface area contributed by atoms with E-state index in [0.29, 0.717) is 64.2 Å². The van der Waals surface area contributed by atoms with Gasteiger partial charge in [-0.3, -0.25) is 4.79 Å². The first-order chi connectivity index (χ1) is 19.4. The fraction of sp³-hybridized carbons (Fsp3) is 0.393. The Labute approximate surface area is 242 Å². The van der Waals surface area contributed by atoms with E-state index >= 15 is 0 Å². The van der Waals surface area contributed by atoms with Crippen molar-refractivity contribution in [3.8, 4) is 22.8 Å². The summed E-state index contributed by atoms with van der Waals surface area (Å²) in [5, 5.41) is 12.1. The molecule has 3 atom stereocenters. The van der Waals surface area contributed by atoms with Crippen LogP contribution in [0.15, 0.2) is 37.1 Å². The molecule has 1 amide bonds. The molecule has 1 aromatic carbocycles. The lowest BCUT2D eigenvalue weighted by Gasteiger charge is -2.21. The van der Waals surface area contributed by atoms with Gasteiger partial charge in [0, 0.05) is 41.8 Å². The van der Waals surface area contributed by atoms with E-state index in [0.717, 1.165) is 30.2 Å². The summed E-state index contributed by atoms with van der Waals surface area (Å²) in [6, 6.07) is 5.06. The molecule has 2 aliphatic rings. The molecule has 2 aliphatic heterocycles. The minimum absolute atomic E-state index is 0.0916. The van der Waals surface area contributed by atoms with Crippen LogP contribution >= 0.6 is 23.2 Å². The van der Waals surface area contributed by atoms with Gasteiger partial charge in [0.2, 0.25) is 5.91 Å². The molecule has 0 aliphatic carbocycles. The van der Waals surface area contributed by atoms with E-state index in [9.17, 15) is 4.79 Å². The number of nitrogens with one attached hydrogen (secondary N) is 3. The van der Waals surface area contributed by atoms with E-state index in [1.54, 1.807) is 12.3 Å². The lowest BCUT2D eigenvalue weighted by Crippen LogP contribution is -2.45. The van der Waals surface area contributed by atoms with E-state index in [1.807, 2.05) is 12.1 Å². The lowest BCUT2D eigenvalue weighted by atomic mass is 10.1. The van der Waals surface area contributed by atoms with Gasteiger partial charge < -0.3 is 34.9 Å². The van der Waals surface area contributed by atoms with Crippen molar-refractivity contribution in [2.45, 2.75) is 31.0 Å². The number of hydrogen-bond acceptors (Lipinski definition) is 9. The summed E-state index contributed by atoms with van der Waals surface area (Å²) in [6.45, 7) is 5.69. The summed E-state index contributed by atoms with van der Waals surface area (Å²) in [5.74, 6) is 1.83. The fourth-order valence-corrected chi connectivity index (χ4v) is 5.58. The third kappa shape index (κ3) is 5.90. The van der Waals surface area contributed by atoms with Gasteiger partial charge >= 0.3 is 0 Å². The summed E-state index contributed by atoms with van der Waals surface area (Å²) in [4.78, 5) is 21.4. The molecule has 1 unspecified atom stereocenters. The van der Waals surface area contributed by atoms with Crippen LogP contribution in [0.3, 0.4) is 0 Å². The summed E-state index contributed by atoms with van der Waals surface area (Å²) in [7, 11) is 3.06. The number of fused-ring (bicyclic) bond motifs is 1. The molecule has 4 heterocycles. The predicted molar refractivity (Wildman–Crippen MR) is 156 cm³/mol. The number of nitrogens with zero attached hydrogens (tertiary/aromatic N) is 2. The minimum Gasteiger partial charge on any atom is -0.495 e. The third-order valence-corrected chi connectivity index (χ3v) is 7.74. The van der Waals surface area contributed by atoms with Crippen LogP contribution in [0, 0.1) is 0 Å². The number of methoxy groups -OCH3 is 2. The summed E-state index contributed by atoms with van der Waals surface area (Å²) in [5.41, 5.74) is 1.03. The highest BCUT2D eigenvalue weighted by molar-refractivity contribution is 6.41. The standard InChI is InChI=1S/C28H31Cl2N5O5/c1-4-24(36)34-20-14-39-13-19(20)33-23-9-17-15(11-31-23)8-18(35-28(17)32-12-16-6-5-7-40-16)25-26(29)21(37-2)10-22(38-3)27(25)30/h4,8-11,16,19-20H,1,5-7,12-14H2,2-3H3,(H,31,33)(H,32,35)(H,34,36)/t16?,19-,20+/m1/s1. The van der Waals surface area contributed by atoms with Crippen LogP contribution in [-0.2, 0) is 14.3 Å². The lowest BCUT2D eigenvalue weighted by molar-refractivity contribution is -0.117. The molecule has 212 valence electrons. The van der Waals surface area contributed by atoms with Crippen LogP contribution in [-0.4, -0.2) is 74.6 Å². The van der Waals surface area contributed by atoms with Gasteiger partial charge in [0.1, 0.15) is 23.1 Å². The molecule has 2 aromatic heterocycles. The van der Waals surface area contributed by atoms with E-state index in [-0.39, 0.29) is 24.1 Å². The maximum atomic E-state index is 11.9. The van der Waals surface area contributed by atoms with Crippen LogP contribution in [0.2, 0.25) is 10.0 Å². The molecule has 2 fully saturated rings. The molecule has 3 aromatic rings. The first-order valence-corrected chi connectivity index (χ1v) is 13.7. The number of benzene rings is 1. The number of hydrogen-bond donors (Lipinski definition) is 3. The largest absolute Gasteiger partial charge is 0.495 e. The fourth-order valence-electron chi connectivity index (χ4n) is 4.88. The van der Waals surface area contributed by atoms with Crippen molar-refractivity contribution in [2.24, 2.45) is 0 Å². The quantitative estimate of drug-likeness (QED) is 0.290. The predicted octanol–water partition coefficient (Wildman–Crippen LogP) is 4.69. The number of ether oxygens (including phenoxy) is 4. The van der Waals surface area contributed by atoms with Crippen molar-refractivity contribution < 1.29 is 23.7 Å². The van der Waals surface area contributed by atoms with Gasteiger partial charge in [-0.25, -0.2) is 9.97 Å². The number of aromatic nitrogens is 2. The molecule has 12 heteroatoms. The first-order valence-electron chi connectivity index (χ1n) is 13.0. The molecule has 5 rings (SSSR count). The smallest absolute Gasteiger partial charge is 0.243 e. The number of rotatable bonds is 10. The molecule has 10 nitrogen and oxygen atoms in total. The zero-order chi connectivity index (χ0) is 28.2. The monoisotopic (exact) mass is 587 g/mol. The average Bonchev–Trinajstić information content (AvgIpc) is 3.64. The number of carbonyl (C=O) groups is 1. The van der Waals surface area contributed by atoms with Crippen LogP contribution in [0.4, 0.5) is 11.6 Å². The normalized spacial score (nSPS) is 20.4. The SMILES string of the molecule is C=CC(=O)N[C@H]1COC[C@H]1Nc1cc2c(NCC3CCCO3)nc(-c3c(Cl)c(OC)cc(OC)c3Cl)cc2cn1. The Morgan fingerprint density at radius 1 is 1.15 bits per heavy atom. The summed E-state index contributed by atoms with van der Waals surface area (Å²) >= 11 is 13.4. The summed E-state index contributed by atoms with van der Waals surface area (Å²) in [6.07, 6.45) is 5.10. The Balaban J connectivity index is 1.54.